The molecule has 2 aromatic rings. The van der Waals surface area contributed by atoms with E-state index in [4.69, 9.17) is 0 Å². The zero-order valence-corrected chi connectivity index (χ0v) is 12.3. The van der Waals surface area contributed by atoms with Gasteiger partial charge >= 0.3 is 0 Å². The van der Waals surface area contributed by atoms with Crippen molar-refractivity contribution < 1.29 is 4.79 Å². The molecule has 0 spiro atoms. The lowest BCUT2D eigenvalue weighted by Gasteiger charge is -2.11. The molecule has 2 rings (SSSR count). The molecule has 108 valence electrons. The van der Waals surface area contributed by atoms with E-state index in [1.54, 1.807) is 21.6 Å². The fourth-order valence-electron chi connectivity index (χ4n) is 2.04. The summed E-state index contributed by atoms with van der Waals surface area (Å²) in [5, 5.41) is 11.3. The van der Waals surface area contributed by atoms with Gasteiger partial charge in [0.15, 0.2) is 0 Å². The Balaban J connectivity index is 1.92. The summed E-state index contributed by atoms with van der Waals surface area (Å²) < 4.78 is 3.50. The predicted molar refractivity (Wildman–Crippen MR) is 74.4 cm³/mol. The van der Waals surface area contributed by atoms with Crippen molar-refractivity contribution in [3.05, 3.63) is 29.6 Å². The molecular formula is C13H20N6O. The molecule has 0 saturated heterocycles. The highest BCUT2D eigenvalue weighted by atomic mass is 16.2. The first-order valence-corrected chi connectivity index (χ1v) is 6.69. The largest absolute Gasteiger partial charge is 0.349 e. The van der Waals surface area contributed by atoms with Crippen LogP contribution >= 0.6 is 0 Å². The molecule has 7 nitrogen and oxygen atoms in total. The van der Waals surface area contributed by atoms with Gasteiger partial charge in [0.2, 0.25) is 0 Å². The van der Waals surface area contributed by atoms with Gasteiger partial charge in [-0.05, 0) is 33.8 Å². The molecule has 2 heterocycles. The van der Waals surface area contributed by atoms with Crippen LogP contribution in [-0.2, 0) is 6.54 Å². The zero-order chi connectivity index (χ0) is 14.7. The van der Waals surface area contributed by atoms with Gasteiger partial charge < -0.3 is 5.32 Å². The van der Waals surface area contributed by atoms with Crippen LogP contribution in [0.2, 0.25) is 0 Å². The first-order valence-electron chi connectivity index (χ1n) is 6.69. The van der Waals surface area contributed by atoms with Crippen LogP contribution in [0.3, 0.4) is 0 Å². The van der Waals surface area contributed by atoms with Crippen LogP contribution in [0.25, 0.3) is 0 Å². The second-order valence-electron chi connectivity index (χ2n) is 4.94. The van der Waals surface area contributed by atoms with E-state index in [2.05, 4.69) is 20.5 Å². The van der Waals surface area contributed by atoms with Gasteiger partial charge in [0.25, 0.3) is 5.91 Å². The van der Waals surface area contributed by atoms with E-state index in [9.17, 15) is 4.79 Å². The summed E-state index contributed by atoms with van der Waals surface area (Å²) in [6.07, 6.45) is 1.64. The summed E-state index contributed by atoms with van der Waals surface area (Å²) in [5.41, 5.74) is 0.575. The van der Waals surface area contributed by atoms with Crippen molar-refractivity contribution in [2.45, 2.75) is 40.3 Å². The molecule has 0 aliphatic carbocycles. The number of aryl methyl sites for hydroxylation is 2. The predicted octanol–water partition coefficient (Wildman–Crippen LogP) is 1.10. The zero-order valence-electron chi connectivity index (χ0n) is 12.3. The Morgan fingerprint density at radius 1 is 1.40 bits per heavy atom. The van der Waals surface area contributed by atoms with Gasteiger partial charge in [0.1, 0.15) is 17.3 Å². The van der Waals surface area contributed by atoms with Gasteiger partial charge in [0, 0.05) is 18.8 Å². The molecule has 0 unspecified atom stereocenters. The molecule has 0 aromatic carbocycles. The molecule has 1 amide bonds. The van der Waals surface area contributed by atoms with E-state index in [0.29, 0.717) is 18.8 Å². The lowest BCUT2D eigenvalue weighted by atomic mass is 10.3. The van der Waals surface area contributed by atoms with Gasteiger partial charge in [0.05, 0.1) is 6.54 Å². The minimum atomic E-state index is -0.120. The van der Waals surface area contributed by atoms with Crippen molar-refractivity contribution >= 4 is 5.91 Å². The van der Waals surface area contributed by atoms with Crippen molar-refractivity contribution in [2.75, 3.05) is 6.54 Å². The van der Waals surface area contributed by atoms with E-state index in [0.717, 1.165) is 11.6 Å². The third-order valence-corrected chi connectivity index (χ3v) is 2.96. The summed E-state index contributed by atoms with van der Waals surface area (Å²) in [6.45, 7) is 8.84. The van der Waals surface area contributed by atoms with E-state index < -0.39 is 0 Å². The minimum absolute atomic E-state index is 0.120. The summed E-state index contributed by atoms with van der Waals surface area (Å²) in [5.74, 6) is 1.47. The summed E-state index contributed by atoms with van der Waals surface area (Å²) in [7, 11) is 0. The van der Waals surface area contributed by atoms with Gasteiger partial charge in [-0.3, -0.25) is 9.48 Å². The average Bonchev–Trinajstić information content (AvgIpc) is 2.96. The molecule has 2 aromatic heterocycles. The maximum absolute atomic E-state index is 12.1. The first-order chi connectivity index (χ1) is 9.49. The average molecular weight is 276 g/mol. The van der Waals surface area contributed by atoms with Gasteiger partial charge in [-0.15, -0.1) is 0 Å². The van der Waals surface area contributed by atoms with E-state index in [1.165, 1.54) is 0 Å². The number of amides is 1. The Morgan fingerprint density at radius 3 is 2.75 bits per heavy atom. The van der Waals surface area contributed by atoms with Crippen molar-refractivity contribution in [3.63, 3.8) is 0 Å². The standard InChI is InChI=1S/C13H20N6O/c1-9(2)19-12(5-6-15-19)13(20)14-7-8-18-11(4)16-10(3)17-18/h5-6,9H,7-8H2,1-4H3,(H,14,20). The highest BCUT2D eigenvalue weighted by Crippen LogP contribution is 2.07. The molecule has 1 N–H and O–H groups in total. The number of nitrogens with one attached hydrogen (secondary N) is 1. The van der Waals surface area contributed by atoms with Gasteiger partial charge in [-0.2, -0.15) is 10.2 Å². The monoisotopic (exact) mass is 276 g/mol. The molecule has 0 saturated carbocycles. The van der Waals surface area contributed by atoms with Crippen LogP contribution in [0.4, 0.5) is 0 Å². The van der Waals surface area contributed by atoms with E-state index >= 15 is 0 Å². The molecule has 7 heteroatoms. The highest BCUT2D eigenvalue weighted by molar-refractivity contribution is 5.92. The topological polar surface area (TPSA) is 77.6 Å². The number of carbonyl (C=O) groups is 1. The number of hydrogen-bond acceptors (Lipinski definition) is 4. The third kappa shape index (κ3) is 3.04. The van der Waals surface area contributed by atoms with Gasteiger partial charge in [-0.1, -0.05) is 0 Å². The Hall–Kier alpha value is -2.18. The molecule has 0 bridgehead atoms. The lowest BCUT2D eigenvalue weighted by Crippen LogP contribution is -2.30. The summed E-state index contributed by atoms with van der Waals surface area (Å²) in [6, 6.07) is 1.88. The number of nitrogens with zero attached hydrogens (tertiary/aromatic N) is 5. The molecule has 0 fully saturated rings. The van der Waals surface area contributed by atoms with Crippen LogP contribution in [-0.4, -0.2) is 37.0 Å². The minimum Gasteiger partial charge on any atom is -0.349 e. The fourth-order valence-corrected chi connectivity index (χ4v) is 2.04. The SMILES string of the molecule is Cc1nc(C)n(CCNC(=O)c2ccnn2C(C)C)n1. The van der Waals surface area contributed by atoms with Crippen molar-refractivity contribution in [1.29, 1.82) is 0 Å². The maximum atomic E-state index is 12.1. The second-order valence-corrected chi connectivity index (χ2v) is 4.94. The number of rotatable bonds is 5. The molecule has 0 aliphatic heterocycles. The Bertz CT molecular complexity index is 598. The van der Waals surface area contributed by atoms with Crippen molar-refractivity contribution in [2.24, 2.45) is 0 Å². The van der Waals surface area contributed by atoms with Crippen LogP contribution in [0.5, 0.6) is 0 Å². The molecule has 20 heavy (non-hydrogen) atoms. The molecule has 0 aliphatic rings. The van der Waals surface area contributed by atoms with Crippen LogP contribution in [0.15, 0.2) is 12.3 Å². The number of carbonyl (C=O) groups excluding carboxylic acids is 1. The van der Waals surface area contributed by atoms with Crippen molar-refractivity contribution in [1.82, 2.24) is 29.9 Å². The molecular weight excluding hydrogens is 256 g/mol. The van der Waals surface area contributed by atoms with E-state index in [1.807, 2.05) is 27.7 Å². The number of hydrogen-bond donors (Lipinski definition) is 1. The highest BCUT2D eigenvalue weighted by Gasteiger charge is 2.13. The summed E-state index contributed by atoms with van der Waals surface area (Å²) in [4.78, 5) is 16.3. The smallest absolute Gasteiger partial charge is 0.269 e. The normalized spacial score (nSPS) is 11.1. The Morgan fingerprint density at radius 2 is 2.15 bits per heavy atom. The van der Waals surface area contributed by atoms with Crippen LogP contribution in [0.1, 0.15) is 42.0 Å². The van der Waals surface area contributed by atoms with E-state index in [-0.39, 0.29) is 11.9 Å². The van der Waals surface area contributed by atoms with Crippen LogP contribution < -0.4 is 5.32 Å². The quantitative estimate of drug-likeness (QED) is 0.887. The number of aromatic nitrogens is 5. The van der Waals surface area contributed by atoms with Gasteiger partial charge in [-0.25, -0.2) is 9.67 Å². The Kier molecular flexibility index (Phi) is 4.16. The molecule has 0 atom stereocenters. The van der Waals surface area contributed by atoms with Crippen molar-refractivity contribution in [3.8, 4) is 0 Å². The summed E-state index contributed by atoms with van der Waals surface area (Å²) >= 11 is 0. The fraction of sp³-hybridized carbons (Fsp3) is 0.538. The molecule has 0 radical (unpaired) electrons. The first kappa shape index (κ1) is 14.2. The second kappa shape index (κ2) is 5.85. The maximum Gasteiger partial charge on any atom is 0.269 e. The Labute approximate surface area is 118 Å². The third-order valence-electron chi connectivity index (χ3n) is 2.96. The van der Waals surface area contributed by atoms with Crippen LogP contribution in [0, 0.1) is 13.8 Å². The lowest BCUT2D eigenvalue weighted by molar-refractivity contribution is 0.0939.